The predicted octanol–water partition coefficient (Wildman–Crippen LogP) is 1.26. The van der Waals surface area contributed by atoms with E-state index in [1.165, 1.54) is 0 Å². The van der Waals surface area contributed by atoms with E-state index in [-0.39, 0.29) is 6.61 Å². The van der Waals surface area contributed by atoms with Gasteiger partial charge in [-0.3, -0.25) is 0 Å². The summed E-state index contributed by atoms with van der Waals surface area (Å²) in [6, 6.07) is 2.00. The summed E-state index contributed by atoms with van der Waals surface area (Å²) >= 11 is 1.63. The Bertz CT molecular complexity index is 242. The second kappa shape index (κ2) is 5.11. The number of rotatable bonds is 4. The van der Waals surface area contributed by atoms with Gasteiger partial charge < -0.3 is 5.11 Å². The molecule has 0 saturated heterocycles. The Hall–Kier alpha value is -0.610. The Kier molecular flexibility index (Phi) is 4.04. The van der Waals surface area contributed by atoms with Gasteiger partial charge in [-0.05, 0) is 25.0 Å². The summed E-state index contributed by atoms with van der Waals surface area (Å²) in [5.41, 5.74) is 1.12. The van der Waals surface area contributed by atoms with Gasteiger partial charge in [0.15, 0.2) is 0 Å². The van der Waals surface area contributed by atoms with Crippen LogP contribution in [-0.2, 0) is 0 Å². The molecule has 0 aromatic carbocycles. The molecule has 3 nitrogen and oxygen atoms in total. The number of aryl methyl sites for hydroxylation is 1. The fourth-order valence-electron chi connectivity index (χ4n) is 0.750. The summed E-state index contributed by atoms with van der Waals surface area (Å²) in [6.07, 6.45) is 2.54. The number of hydrogen-bond donors (Lipinski definition) is 1. The molecule has 1 aromatic rings. The van der Waals surface area contributed by atoms with E-state index in [0.29, 0.717) is 0 Å². The van der Waals surface area contributed by atoms with Crippen molar-refractivity contribution in [3.05, 3.63) is 17.8 Å². The highest BCUT2D eigenvalue weighted by Crippen LogP contribution is 2.15. The van der Waals surface area contributed by atoms with Gasteiger partial charge in [0.05, 0.1) is 6.20 Å². The van der Waals surface area contributed by atoms with E-state index in [1.54, 1.807) is 18.0 Å². The molecule has 1 N–H and O–H groups in total. The van der Waals surface area contributed by atoms with Gasteiger partial charge in [-0.1, -0.05) is 0 Å². The molecule has 0 aliphatic rings. The van der Waals surface area contributed by atoms with Crippen LogP contribution in [0.15, 0.2) is 17.3 Å². The van der Waals surface area contributed by atoms with Gasteiger partial charge in [0, 0.05) is 12.4 Å². The summed E-state index contributed by atoms with van der Waals surface area (Å²) in [5, 5.41) is 17.3. The van der Waals surface area contributed by atoms with Crippen molar-refractivity contribution >= 4 is 11.8 Å². The summed E-state index contributed by atoms with van der Waals surface area (Å²) in [6.45, 7) is 2.23. The molecule has 0 fully saturated rings. The molecule has 1 aromatic heterocycles. The quantitative estimate of drug-likeness (QED) is 0.565. The number of aliphatic hydroxyl groups is 1. The molecule has 1 heterocycles. The van der Waals surface area contributed by atoms with E-state index in [0.717, 1.165) is 22.8 Å². The van der Waals surface area contributed by atoms with Crippen LogP contribution in [0, 0.1) is 6.92 Å². The molecule has 0 radical (unpaired) electrons. The standard InChI is InChI=1S/C8H12N2OS/c1-7-5-8(10-9-6-7)12-4-2-3-11/h5-6,11H,2-4H2,1H3. The van der Waals surface area contributed by atoms with Gasteiger partial charge >= 0.3 is 0 Å². The fraction of sp³-hybridized carbons (Fsp3) is 0.500. The third-order valence-corrected chi connectivity index (χ3v) is 2.31. The second-order valence-corrected chi connectivity index (χ2v) is 3.61. The first kappa shape index (κ1) is 9.48. The third kappa shape index (κ3) is 3.19. The molecule has 0 amide bonds. The maximum absolute atomic E-state index is 8.55. The van der Waals surface area contributed by atoms with E-state index in [2.05, 4.69) is 10.2 Å². The lowest BCUT2D eigenvalue weighted by molar-refractivity contribution is 0.296. The summed E-state index contributed by atoms with van der Waals surface area (Å²) in [5.74, 6) is 0.897. The Balaban J connectivity index is 2.41. The normalized spacial score (nSPS) is 10.2. The van der Waals surface area contributed by atoms with Gasteiger partial charge in [0.1, 0.15) is 5.03 Å². The maximum Gasteiger partial charge on any atom is 0.119 e. The molecule has 0 unspecified atom stereocenters. The first-order valence-corrected chi connectivity index (χ1v) is 4.84. The molecule has 0 atom stereocenters. The Morgan fingerprint density at radius 1 is 1.58 bits per heavy atom. The van der Waals surface area contributed by atoms with Crippen molar-refractivity contribution in [2.45, 2.75) is 18.4 Å². The summed E-state index contributed by atoms with van der Waals surface area (Å²) in [7, 11) is 0. The van der Waals surface area contributed by atoms with Crippen LogP contribution >= 0.6 is 11.8 Å². The van der Waals surface area contributed by atoms with Crippen LogP contribution in [0.2, 0.25) is 0 Å². The van der Waals surface area contributed by atoms with Crippen LogP contribution in [0.25, 0.3) is 0 Å². The van der Waals surface area contributed by atoms with Crippen LogP contribution in [0.1, 0.15) is 12.0 Å². The van der Waals surface area contributed by atoms with Crippen molar-refractivity contribution in [2.75, 3.05) is 12.4 Å². The van der Waals surface area contributed by atoms with Crippen molar-refractivity contribution in [3.8, 4) is 0 Å². The van der Waals surface area contributed by atoms with Crippen LogP contribution in [0.3, 0.4) is 0 Å². The van der Waals surface area contributed by atoms with Gasteiger partial charge in [-0.25, -0.2) is 0 Å². The zero-order chi connectivity index (χ0) is 8.81. The zero-order valence-electron chi connectivity index (χ0n) is 7.03. The molecule has 0 saturated carbocycles. The highest BCUT2D eigenvalue weighted by Gasteiger charge is 1.95. The molecule has 0 bridgehead atoms. The van der Waals surface area contributed by atoms with E-state index in [9.17, 15) is 0 Å². The molecule has 4 heteroatoms. The van der Waals surface area contributed by atoms with Crippen LogP contribution in [0.4, 0.5) is 0 Å². The van der Waals surface area contributed by atoms with Gasteiger partial charge in [-0.2, -0.15) is 5.10 Å². The van der Waals surface area contributed by atoms with Crippen molar-refractivity contribution in [1.29, 1.82) is 0 Å². The SMILES string of the molecule is Cc1cnnc(SCCCO)c1. The number of hydrogen-bond acceptors (Lipinski definition) is 4. The van der Waals surface area contributed by atoms with Crippen molar-refractivity contribution in [2.24, 2.45) is 0 Å². The van der Waals surface area contributed by atoms with Gasteiger partial charge in [0.2, 0.25) is 0 Å². The van der Waals surface area contributed by atoms with Crippen LogP contribution < -0.4 is 0 Å². The molecule has 66 valence electrons. The molecule has 1 rings (SSSR count). The number of thioether (sulfide) groups is 1. The Morgan fingerprint density at radius 3 is 3.08 bits per heavy atom. The highest BCUT2D eigenvalue weighted by atomic mass is 32.2. The smallest absolute Gasteiger partial charge is 0.119 e. The molecule has 0 aliphatic heterocycles. The second-order valence-electron chi connectivity index (χ2n) is 2.50. The lowest BCUT2D eigenvalue weighted by Crippen LogP contribution is -1.89. The number of nitrogens with zero attached hydrogens (tertiary/aromatic N) is 2. The Labute approximate surface area is 76.2 Å². The molecular weight excluding hydrogens is 172 g/mol. The Morgan fingerprint density at radius 2 is 2.42 bits per heavy atom. The first-order valence-electron chi connectivity index (χ1n) is 3.86. The zero-order valence-corrected chi connectivity index (χ0v) is 7.84. The van der Waals surface area contributed by atoms with E-state index in [4.69, 9.17) is 5.11 Å². The lowest BCUT2D eigenvalue weighted by Gasteiger charge is -1.98. The average molecular weight is 184 g/mol. The number of aromatic nitrogens is 2. The van der Waals surface area contributed by atoms with E-state index >= 15 is 0 Å². The highest BCUT2D eigenvalue weighted by molar-refractivity contribution is 7.99. The third-order valence-electron chi connectivity index (χ3n) is 1.32. The molecule has 0 aliphatic carbocycles. The minimum absolute atomic E-state index is 0.242. The predicted molar refractivity (Wildman–Crippen MR) is 49.2 cm³/mol. The van der Waals surface area contributed by atoms with E-state index in [1.807, 2.05) is 13.0 Å². The topological polar surface area (TPSA) is 46.0 Å². The summed E-state index contributed by atoms with van der Waals surface area (Å²) < 4.78 is 0. The maximum atomic E-state index is 8.55. The van der Waals surface area contributed by atoms with Crippen LogP contribution in [-0.4, -0.2) is 27.7 Å². The van der Waals surface area contributed by atoms with Crippen molar-refractivity contribution in [3.63, 3.8) is 0 Å². The largest absolute Gasteiger partial charge is 0.396 e. The van der Waals surface area contributed by atoms with Crippen molar-refractivity contribution in [1.82, 2.24) is 10.2 Å². The van der Waals surface area contributed by atoms with Crippen molar-refractivity contribution < 1.29 is 5.11 Å². The van der Waals surface area contributed by atoms with Crippen LogP contribution in [0.5, 0.6) is 0 Å². The average Bonchev–Trinajstić information content (AvgIpc) is 2.05. The fourth-order valence-corrected chi connectivity index (χ4v) is 1.61. The molecular formula is C8H12N2OS. The monoisotopic (exact) mass is 184 g/mol. The lowest BCUT2D eigenvalue weighted by atomic mass is 10.4. The van der Waals surface area contributed by atoms with E-state index < -0.39 is 0 Å². The van der Waals surface area contributed by atoms with Gasteiger partial charge in [0.25, 0.3) is 0 Å². The minimum atomic E-state index is 0.242. The molecule has 12 heavy (non-hydrogen) atoms. The van der Waals surface area contributed by atoms with Gasteiger partial charge in [-0.15, -0.1) is 16.9 Å². The number of aliphatic hydroxyl groups excluding tert-OH is 1. The summed E-state index contributed by atoms with van der Waals surface area (Å²) in [4.78, 5) is 0. The molecule has 0 spiro atoms. The first-order chi connectivity index (χ1) is 5.83. The minimum Gasteiger partial charge on any atom is -0.396 e.